The summed E-state index contributed by atoms with van der Waals surface area (Å²) in [6, 6.07) is 6.46. The maximum atomic E-state index is 12.1. The first-order chi connectivity index (χ1) is 8.17. The molecule has 0 saturated carbocycles. The zero-order valence-corrected chi connectivity index (χ0v) is 11.3. The van der Waals surface area contributed by atoms with E-state index < -0.39 is 16.3 Å². The topological polar surface area (TPSA) is 75.4 Å². The number of ether oxygens (including phenoxy) is 1. The lowest BCUT2D eigenvalue weighted by molar-refractivity contribution is 0.00683. The van der Waals surface area contributed by atoms with Crippen molar-refractivity contribution in [3.63, 3.8) is 0 Å². The molecule has 0 aliphatic carbocycles. The van der Waals surface area contributed by atoms with Crippen molar-refractivity contribution in [3.05, 3.63) is 35.0 Å². The lowest BCUT2D eigenvalue weighted by Gasteiger charge is -2.35. The monoisotopic (exact) mass is 252 g/mol. The average molecular weight is 252 g/mol. The molecular formula is C13H20N2O3. The maximum absolute atomic E-state index is 12.1. The quantitative estimate of drug-likeness (QED) is 0.388. The van der Waals surface area contributed by atoms with Crippen molar-refractivity contribution in [2.24, 2.45) is 5.84 Å². The summed E-state index contributed by atoms with van der Waals surface area (Å²) < 4.78 is 4.17. The van der Waals surface area contributed by atoms with E-state index in [0.29, 0.717) is 0 Å². The number of nitrogens with zero attached hydrogens (tertiary/aromatic N) is 1. The Labute approximate surface area is 107 Å². The van der Waals surface area contributed by atoms with Crippen LogP contribution in [0, 0.1) is 5.21 Å². The predicted octanol–water partition coefficient (Wildman–Crippen LogP) is 2.34. The molecule has 1 aromatic rings. The molecule has 0 spiro atoms. The fourth-order valence-corrected chi connectivity index (χ4v) is 1.48. The largest absolute Gasteiger partial charge is 0.607 e. The summed E-state index contributed by atoms with van der Waals surface area (Å²) in [6.07, 6.45) is 0. The van der Waals surface area contributed by atoms with Crippen LogP contribution in [0.15, 0.2) is 24.3 Å². The zero-order valence-electron chi connectivity index (χ0n) is 11.3. The Morgan fingerprint density at radius 3 is 2.44 bits per heavy atom. The van der Waals surface area contributed by atoms with Crippen LogP contribution < -0.4 is 10.6 Å². The molecule has 0 amide bonds. The number of para-hydroxylation sites is 1. The maximum Gasteiger partial charge on any atom is 0.344 e. The van der Waals surface area contributed by atoms with Crippen LogP contribution in [-0.2, 0) is 4.74 Å². The number of hydroxylamine groups is 1. The molecule has 18 heavy (non-hydrogen) atoms. The highest BCUT2D eigenvalue weighted by molar-refractivity contribution is 5.95. The highest BCUT2D eigenvalue weighted by Gasteiger charge is 2.26. The van der Waals surface area contributed by atoms with E-state index >= 15 is 0 Å². The molecule has 0 radical (unpaired) electrons. The molecule has 0 heterocycles. The minimum absolute atomic E-state index is 0.139. The Kier molecular flexibility index (Phi) is 4.11. The van der Waals surface area contributed by atoms with Crippen molar-refractivity contribution < 1.29 is 9.53 Å². The molecule has 5 nitrogen and oxygen atoms in total. The summed E-state index contributed by atoms with van der Waals surface area (Å²) in [5, 5.41) is 12.1. The number of carbonyl (C=O) groups excluding carboxylic acids is 1. The lowest BCUT2D eigenvalue weighted by Crippen LogP contribution is -2.50. The molecule has 1 aromatic carbocycles. The normalized spacial score (nSPS) is 15.0. The molecule has 0 fully saturated rings. The fourth-order valence-electron chi connectivity index (χ4n) is 1.48. The van der Waals surface area contributed by atoms with E-state index in [1.54, 1.807) is 52.0 Å². The van der Waals surface area contributed by atoms with Crippen molar-refractivity contribution in [2.45, 2.75) is 33.3 Å². The third-order valence-corrected chi connectivity index (χ3v) is 2.40. The van der Waals surface area contributed by atoms with Crippen LogP contribution >= 0.6 is 0 Å². The van der Waals surface area contributed by atoms with Gasteiger partial charge in [-0.25, -0.2) is 4.79 Å². The highest BCUT2D eigenvalue weighted by Crippen LogP contribution is 2.25. The van der Waals surface area contributed by atoms with Crippen molar-refractivity contribution in [2.75, 3.05) is 6.54 Å². The summed E-state index contributed by atoms with van der Waals surface area (Å²) in [6.45, 7) is 7.12. The van der Waals surface area contributed by atoms with Gasteiger partial charge in [-0.05, 0) is 33.8 Å². The number of rotatable bonds is 3. The van der Waals surface area contributed by atoms with Gasteiger partial charge in [0.25, 0.3) is 0 Å². The SMILES string of the molecule is CC[N+](N)([O-])c1ccccc1C(=O)OC(C)(C)C. The lowest BCUT2D eigenvalue weighted by atomic mass is 10.1. The van der Waals surface area contributed by atoms with E-state index in [1.165, 1.54) is 0 Å². The summed E-state index contributed by atoms with van der Waals surface area (Å²) in [7, 11) is 0. The van der Waals surface area contributed by atoms with Crippen LogP contribution in [-0.4, -0.2) is 18.1 Å². The number of hydrogen-bond donors (Lipinski definition) is 1. The van der Waals surface area contributed by atoms with Gasteiger partial charge in [-0.15, -0.1) is 0 Å². The summed E-state index contributed by atoms with van der Waals surface area (Å²) >= 11 is 0. The molecule has 0 aliphatic rings. The van der Waals surface area contributed by atoms with Crippen LogP contribution in [0.1, 0.15) is 38.1 Å². The first-order valence-electron chi connectivity index (χ1n) is 5.88. The Bertz CT molecular complexity index is 436. The second-order valence-electron chi connectivity index (χ2n) is 5.13. The Morgan fingerprint density at radius 1 is 1.39 bits per heavy atom. The molecule has 0 saturated heterocycles. The molecular weight excluding hydrogens is 232 g/mol. The van der Waals surface area contributed by atoms with Gasteiger partial charge in [0.1, 0.15) is 11.2 Å². The molecule has 1 rings (SSSR count). The van der Waals surface area contributed by atoms with Gasteiger partial charge in [0.05, 0.1) is 6.54 Å². The Hall–Kier alpha value is -1.43. The van der Waals surface area contributed by atoms with Gasteiger partial charge in [0.2, 0.25) is 0 Å². The van der Waals surface area contributed by atoms with E-state index in [2.05, 4.69) is 0 Å². The number of hydrogen-bond acceptors (Lipinski definition) is 4. The minimum atomic E-state index is -1.09. The van der Waals surface area contributed by atoms with Crippen molar-refractivity contribution >= 4 is 11.7 Å². The second kappa shape index (κ2) is 5.06. The summed E-state index contributed by atoms with van der Waals surface area (Å²) in [5.41, 5.74) is -0.176. The molecule has 100 valence electrons. The van der Waals surface area contributed by atoms with Crippen molar-refractivity contribution in [1.82, 2.24) is 4.76 Å². The summed E-state index contributed by atoms with van der Waals surface area (Å²) in [5.74, 6) is 5.08. The van der Waals surface area contributed by atoms with E-state index in [1.807, 2.05) is 0 Å². The van der Waals surface area contributed by atoms with Gasteiger partial charge in [0, 0.05) is 6.07 Å². The Morgan fingerprint density at radius 2 is 1.94 bits per heavy atom. The van der Waals surface area contributed by atoms with Gasteiger partial charge in [-0.1, -0.05) is 12.1 Å². The van der Waals surface area contributed by atoms with Crippen LogP contribution in [0.25, 0.3) is 0 Å². The highest BCUT2D eigenvalue weighted by atomic mass is 16.6. The van der Waals surface area contributed by atoms with E-state index in [0.717, 1.165) is 0 Å². The average Bonchev–Trinajstić information content (AvgIpc) is 2.27. The predicted molar refractivity (Wildman–Crippen MR) is 71.5 cm³/mol. The zero-order chi connectivity index (χ0) is 14.0. The van der Waals surface area contributed by atoms with Crippen LogP contribution in [0.2, 0.25) is 0 Å². The number of quaternary nitrogens is 1. The molecule has 5 heteroatoms. The Balaban J connectivity index is 3.14. The van der Waals surface area contributed by atoms with Crippen LogP contribution in [0.5, 0.6) is 0 Å². The van der Waals surface area contributed by atoms with E-state index in [9.17, 15) is 10.0 Å². The molecule has 2 N–H and O–H groups in total. The van der Waals surface area contributed by atoms with E-state index in [4.69, 9.17) is 10.6 Å². The van der Waals surface area contributed by atoms with Gasteiger partial charge < -0.3 is 9.94 Å². The van der Waals surface area contributed by atoms with Gasteiger partial charge in [-0.3, -0.25) is 4.76 Å². The molecule has 0 aliphatic heterocycles. The standard InChI is InChI=1S/C13H20N2O3/c1-5-15(14,17)11-9-7-6-8-10(11)12(16)18-13(2,3)4/h6-9H,5,14H2,1-4H3. The van der Waals surface area contributed by atoms with Crippen molar-refractivity contribution in [1.29, 1.82) is 0 Å². The molecule has 1 atom stereocenters. The van der Waals surface area contributed by atoms with Crippen LogP contribution in [0.4, 0.5) is 5.69 Å². The van der Waals surface area contributed by atoms with Crippen molar-refractivity contribution in [3.8, 4) is 0 Å². The number of benzene rings is 1. The van der Waals surface area contributed by atoms with E-state index in [-0.39, 0.29) is 17.8 Å². The summed E-state index contributed by atoms with van der Waals surface area (Å²) in [4.78, 5) is 12.0. The van der Waals surface area contributed by atoms with Gasteiger partial charge in [0.15, 0.2) is 5.69 Å². The number of nitrogens with two attached hydrogens (primary N) is 1. The first kappa shape index (κ1) is 14.6. The molecule has 0 bridgehead atoms. The fraction of sp³-hybridized carbons (Fsp3) is 0.462. The third kappa shape index (κ3) is 3.53. The molecule has 1 unspecified atom stereocenters. The molecule has 0 aromatic heterocycles. The number of esters is 1. The number of carbonyl (C=O) groups is 1. The second-order valence-corrected chi connectivity index (χ2v) is 5.13. The minimum Gasteiger partial charge on any atom is -0.607 e. The first-order valence-corrected chi connectivity index (χ1v) is 5.88. The van der Waals surface area contributed by atoms with Gasteiger partial charge >= 0.3 is 5.97 Å². The smallest absolute Gasteiger partial charge is 0.344 e. The third-order valence-electron chi connectivity index (χ3n) is 2.40. The van der Waals surface area contributed by atoms with Crippen LogP contribution in [0.3, 0.4) is 0 Å². The van der Waals surface area contributed by atoms with Gasteiger partial charge in [-0.2, -0.15) is 5.84 Å².